The summed E-state index contributed by atoms with van der Waals surface area (Å²) in [6.45, 7) is 4.41. The predicted molar refractivity (Wildman–Crippen MR) is 108 cm³/mol. The number of carbonyl (C=O) groups is 1. The van der Waals surface area contributed by atoms with Crippen molar-refractivity contribution in [3.63, 3.8) is 0 Å². The molecule has 27 heavy (non-hydrogen) atoms. The second kappa shape index (κ2) is 7.62. The van der Waals surface area contributed by atoms with Crippen LogP contribution in [0.2, 0.25) is 0 Å². The summed E-state index contributed by atoms with van der Waals surface area (Å²) in [5, 5.41) is 2.93. The molecule has 1 amide bonds. The molecule has 0 fully saturated rings. The van der Waals surface area contributed by atoms with E-state index in [1.807, 2.05) is 30.3 Å². The maximum Gasteiger partial charge on any atom is 0.270 e. The molecule has 0 saturated heterocycles. The van der Waals surface area contributed by atoms with E-state index >= 15 is 0 Å². The van der Waals surface area contributed by atoms with Crippen LogP contribution >= 0.6 is 0 Å². The van der Waals surface area contributed by atoms with Crippen molar-refractivity contribution in [2.24, 2.45) is 0 Å². The lowest BCUT2D eigenvalue weighted by Crippen LogP contribution is -2.30. The number of benzene rings is 2. The quantitative estimate of drug-likeness (QED) is 0.771. The summed E-state index contributed by atoms with van der Waals surface area (Å²) in [5.74, 6) is -0.147. The predicted octanol–water partition coefficient (Wildman–Crippen LogP) is 3.88. The first-order valence-corrected chi connectivity index (χ1v) is 9.30. The van der Waals surface area contributed by atoms with Crippen LogP contribution in [0.15, 0.2) is 66.9 Å². The number of nitrogens with one attached hydrogen (secondary N) is 1. The zero-order valence-corrected chi connectivity index (χ0v) is 15.5. The summed E-state index contributed by atoms with van der Waals surface area (Å²) < 4.78 is 0. The van der Waals surface area contributed by atoms with E-state index in [0.717, 1.165) is 30.8 Å². The summed E-state index contributed by atoms with van der Waals surface area (Å²) in [7, 11) is 0. The molecule has 2 heterocycles. The Hall–Kier alpha value is -3.14. The number of fused-ring (bicyclic) bond motifs is 1. The minimum absolute atomic E-state index is 0.147. The molecule has 0 atom stereocenters. The molecule has 0 aliphatic carbocycles. The molecular weight excluding hydrogens is 334 g/mol. The van der Waals surface area contributed by atoms with Gasteiger partial charge in [-0.2, -0.15) is 0 Å². The summed E-state index contributed by atoms with van der Waals surface area (Å²) in [6.07, 6.45) is 2.84. The van der Waals surface area contributed by atoms with Crippen molar-refractivity contribution in [1.82, 2.24) is 10.3 Å². The summed E-state index contributed by atoms with van der Waals surface area (Å²) in [5.41, 5.74) is 6.58. The SMILES string of the molecule is Cc1ccc(CNC(=O)c2ccc(N3CCc4ccccc4C3)cn2)cc1. The maximum absolute atomic E-state index is 12.3. The van der Waals surface area contributed by atoms with Gasteiger partial charge >= 0.3 is 0 Å². The van der Waals surface area contributed by atoms with Crippen molar-refractivity contribution in [3.8, 4) is 0 Å². The normalized spacial score (nSPS) is 13.1. The highest BCUT2D eigenvalue weighted by atomic mass is 16.1. The number of carbonyl (C=O) groups excluding carboxylic acids is 1. The van der Waals surface area contributed by atoms with E-state index in [0.29, 0.717) is 12.2 Å². The Morgan fingerprint density at radius 3 is 2.56 bits per heavy atom. The molecule has 1 N–H and O–H groups in total. The highest BCUT2D eigenvalue weighted by molar-refractivity contribution is 5.92. The molecule has 0 bridgehead atoms. The van der Waals surface area contributed by atoms with Gasteiger partial charge in [-0.3, -0.25) is 4.79 Å². The van der Waals surface area contributed by atoms with Gasteiger partial charge < -0.3 is 10.2 Å². The minimum Gasteiger partial charge on any atom is -0.366 e. The van der Waals surface area contributed by atoms with Crippen molar-refractivity contribution in [2.75, 3.05) is 11.4 Å². The third-order valence-corrected chi connectivity index (χ3v) is 5.05. The van der Waals surface area contributed by atoms with Crippen molar-refractivity contribution < 1.29 is 4.79 Å². The highest BCUT2D eigenvalue weighted by Crippen LogP contribution is 2.23. The average molecular weight is 357 g/mol. The van der Waals surface area contributed by atoms with E-state index in [1.165, 1.54) is 16.7 Å². The monoisotopic (exact) mass is 357 g/mol. The molecule has 0 radical (unpaired) electrons. The zero-order valence-electron chi connectivity index (χ0n) is 15.5. The van der Waals surface area contributed by atoms with E-state index in [9.17, 15) is 4.79 Å². The van der Waals surface area contributed by atoms with Gasteiger partial charge in [-0.05, 0) is 42.2 Å². The van der Waals surface area contributed by atoms with E-state index in [4.69, 9.17) is 0 Å². The topological polar surface area (TPSA) is 45.2 Å². The minimum atomic E-state index is -0.147. The van der Waals surface area contributed by atoms with E-state index < -0.39 is 0 Å². The van der Waals surface area contributed by atoms with Crippen LogP contribution in [0, 0.1) is 6.92 Å². The Morgan fingerprint density at radius 1 is 1.04 bits per heavy atom. The van der Waals surface area contributed by atoms with Crippen LogP contribution < -0.4 is 10.2 Å². The van der Waals surface area contributed by atoms with Crippen molar-refractivity contribution >= 4 is 11.6 Å². The Balaban J connectivity index is 1.38. The van der Waals surface area contributed by atoms with Crippen LogP contribution in [0.1, 0.15) is 32.7 Å². The van der Waals surface area contributed by atoms with Gasteiger partial charge in [0.25, 0.3) is 5.91 Å². The fourth-order valence-electron chi connectivity index (χ4n) is 3.40. The number of rotatable bonds is 4. The molecule has 0 spiro atoms. The van der Waals surface area contributed by atoms with Crippen molar-refractivity contribution in [2.45, 2.75) is 26.4 Å². The van der Waals surface area contributed by atoms with Gasteiger partial charge in [0.2, 0.25) is 0 Å². The van der Waals surface area contributed by atoms with Crippen molar-refractivity contribution in [1.29, 1.82) is 0 Å². The van der Waals surface area contributed by atoms with Gasteiger partial charge in [-0.15, -0.1) is 0 Å². The molecule has 136 valence electrons. The number of aromatic nitrogens is 1. The van der Waals surface area contributed by atoms with Crippen LogP contribution in [-0.2, 0) is 19.5 Å². The van der Waals surface area contributed by atoms with Gasteiger partial charge in [0, 0.05) is 19.6 Å². The number of nitrogens with zero attached hydrogens (tertiary/aromatic N) is 2. The molecule has 0 unspecified atom stereocenters. The first-order chi connectivity index (χ1) is 13.2. The average Bonchev–Trinajstić information content (AvgIpc) is 2.73. The fourth-order valence-corrected chi connectivity index (χ4v) is 3.40. The number of pyridine rings is 1. The third-order valence-electron chi connectivity index (χ3n) is 5.05. The lowest BCUT2D eigenvalue weighted by atomic mass is 10.00. The second-order valence-electron chi connectivity index (χ2n) is 7.01. The van der Waals surface area contributed by atoms with Gasteiger partial charge in [-0.25, -0.2) is 4.98 Å². The molecule has 0 saturated carbocycles. The first kappa shape index (κ1) is 17.3. The summed E-state index contributed by atoms with van der Waals surface area (Å²) in [6, 6.07) is 20.5. The third kappa shape index (κ3) is 4.00. The van der Waals surface area contributed by atoms with Crippen LogP contribution in [0.3, 0.4) is 0 Å². The standard InChI is InChI=1S/C23H23N3O/c1-17-6-8-18(9-7-17)14-25-23(27)22-11-10-21(15-24-22)26-13-12-19-4-2-3-5-20(19)16-26/h2-11,15H,12-14,16H2,1H3,(H,25,27). The van der Waals surface area contributed by atoms with Gasteiger partial charge in [0.15, 0.2) is 0 Å². The Bertz CT molecular complexity index is 933. The molecule has 2 aromatic carbocycles. The van der Waals surface area contributed by atoms with E-state index in [1.54, 1.807) is 12.3 Å². The number of hydrogen-bond acceptors (Lipinski definition) is 3. The lowest BCUT2D eigenvalue weighted by Gasteiger charge is -2.30. The Labute approximate surface area is 159 Å². The molecule has 1 aliphatic rings. The number of amides is 1. The second-order valence-corrected chi connectivity index (χ2v) is 7.01. The molecule has 1 aromatic heterocycles. The summed E-state index contributed by atoms with van der Waals surface area (Å²) >= 11 is 0. The van der Waals surface area contributed by atoms with Gasteiger partial charge in [-0.1, -0.05) is 54.1 Å². The first-order valence-electron chi connectivity index (χ1n) is 9.30. The Morgan fingerprint density at radius 2 is 1.81 bits per heavy atom. The van der Waals surface area contributed by atoms with Gasteiger partial charge in [0.1, 0.15) is 5.69 Å². The Kier molecular flexibility index (Phi) is 4.88. The largest absolute Gasteiger partial charge is 0.366 e. The number of aryl methyl sites for hydroxylation is 1. The molecular formula is C23H23N3O. The fraction of sp³-hybridized carbons (Fsp3) is 0.217. The maximum atomic E-state index is 12.3. The van der Waals surface area contributed by atoms with Crippen LogP contribution in [0.5, 0.6) is 0 Å². The van der Waals surface area contributed by atoms with E-state index in [-0.39, 0.29) is 5.91 Å². The number of hydrogen-bond donors (Lipinski definition) is 1. The van der Waals surface area contributed by atoms with E-state index in [2.05, 4.69) is 46.4 Å². The smallest absolute Gasteiger partial charge is 0.270 e. The van der Waals surface area contributed by atoms with Crippen molar-refractivity contribution in [3.05, 3.63) is 94.8 Å². The summed E-state index contributed by atoms with van der Waals surface area (Å²) in [4.78, 5) is 19.0. The van der Waals surface area contributed by atoms with Crippen LogP contribution in [0.4, 0.5) is 5.69 Å². The lowest BCUT2D eigenvalue weighted by molar-refractivity contribution is 0.0946. The van der Waals surface area contributed by atoms with Crippen LogP contribution in [0.25, 0.3) is 0 Å². The zero-order chi connectivity index (χ0) is 18.6. The van der Waals surface area contributed by atoms with Crippen LogP contribution in [-0.4, -0.2) is 17.4 Å². The molecule has 4 heteroatoms. The molecule has 4 rings (SSSR count). The van der Waals surface area contributed by atoms with Gasteiger partial charge in [0.05, 0.1) is 11.9 Å². The number of anilines is 1. The molecule has 4 nitrogen and oxygen atoms in total. The molecule has 3 aromatic rings. The highest BCUT2D eigenvalue weighted by Gasteiger charge is 2.17. The molecule has 1 aliphatic heterocycles.